The highest BCUT2D eigenvalue weighted by molar-refractivity contribution is 9.10. The number of nitrogens with one attached hydrogen (secondary N) is 2. The lowest BCUT2D eigenvalue weighted by molar-refractivity contribution is 0.102. The first-order valence-electron chi connectivity index (χ1n) is 6.47. The molecule has 0 unspecified atom stereocenters. The van der Waals surface area contributed by atoms with E-state index < -0.39 is 0 Å². The summed E-state index contributed by atoms with van der Waals surface area (Å²) in [5, 5.41) is 5.89. The van der Waals surface area contributed by atoms with Crippen LogP contribution in [0, 0.1) is 12.7 Å². The summed E-state index contributed by atoms with van der Waals surface area (Å²) in [7, 11) is 0. The van der Waals surface area contributed by atoms with E-state index in [1.165, 1.54) is 12.3 Å². The maximum Gasteiger partial charge on any atom is 0.259 e. The molecule has 0 aliphatic carbocycles. The third-order valence-corrected chi connectivity index (χ3v) is 3.56. The molecule has 0 spiro atoms. The van der Waals surface area contributed by atoms with E-state index in [2.05, 4.69) is 31.5 Å². The van der Waals surface area contributed by atoms with Crippen molar-refractivity contribution in [1.82, 2.24) is 4.98 Å². The van der Waals surface area contributed by atoms with Crippen LogP contribution in [0.15, 0.2) is 35.1 Å². The van der Waals surface area contributed by atoms with E-state index >= 15 is 0 Å². The Hall–Kier alpha value is -1.95. The predicted molar refractivity (Wildman–Crippen MR) is 85.2 cm³/mol. The zero-order valence-electron chi connectivity index (χ0n) is 11.7. The second-order valence-electron chi connectivity index (χ2n) is 4.49. The summed E-state index contributed by atoms with van der Waals surface area (Å²) in [6.45, 7) is 4.38. The monoisotopic (exact) mass is 351 g/mol. The zero-order valence-corrected chi connectivity index (χ0v) is 13.3. The predicted octanol–water partition coefficient (Wildman–Crippen LogP) is 3.98. The Morgan fingerprint density at radius 3 is 2.86 bits per heavy atom. The van der Waals surface area contributed by atoms with Crippen LogP contribution in [0.4, 0.5) is 15.8 Å². The Labute approximate surface area is 130 Å². The minimum absolute atomic E-state index is 0.291. The molecule has 0 aliphatic heterocycles. The van der Waals surface area contributed by atoms with Gasteiger partial charge in [-0.25, -0.2) is 4.39 Å². The zero-order chi connectivity index (χ0) is 15.4. The van der Waals surface area contributed by atoms with Crippen molar-refractivity contribution in [3.05, 3.63) is 52.0 Å². The van der Waals surface area contributed by atoms with Gasteiger partial charge in [0.25, 0.3) is 5.91 Å². The maximum absolute atomic E-state index is 13.4. The van der Waals surface area contributed by atoms with Gasteiger partial charge in [0.15, 0.2) is 0 Å². The number of nitrogens with zero attached hydrogens (tertiary/aromatic N) is 1. The van der Waals surface area contributed by atoms with Crippen LogP contribution >= 0.6 is 15.9 Å². The van der Waals surface area contributed by atoms with Gasteiger partial charge >= 0.3 is 0 Å². The lowest BCUT2D eigenvalue weighted by Crippen LogP contribution is -2.16. The number of hydrogen-bond acceptors (Lipinski definition) is 3. The van der Waals surface area contributed by atoms with E-state index in [0.717, 1.165) is 0 Å². The lowest BCUT2D eigenvalue weighted by Gasteiger charge is -2.12. The number of rotatable bonds is 4. The number of pyridine rings is 1. The number of halogens is 2. The van der Waals surface area contributed by atoms with Crippen molar-refractivity contribution >= 4 is 33.2 Å². The van der Waals surface area contributed by atoms with Crippen LogP contribution in [0.3, 0.4) is 0 Å². The first kappa shape index (κ1) is 15.4. The summed E-state index contributed by atoms with van der Waals surface area (Å²) in [6, 6.07) is 4.66. The summed E-state index contributed by atoms with van der Waals surface area (Å²) in [6.07, 6.45) is 3.12. The second kappa shape index (κ2) is 6.67. The van der Waals surface area contributed by atoms with Gasteiger partial charge in [0.2, 0.25) is 0 Å². The third-order valence-electron chi connectivity index (χ3n) is 2.95. The minimum atomic E-state index is -0.361. The average molecular weight is 352 g/mol. The van der Waals surface area contributed by atoms with E-state index in [0.29, 0.717) is 33.5 Å². The van der Waals surface area contributed by atoms with Crippen LogP contribution < -0.4 is 10.6 Å². The van der Waals surface area contributed by atoms with Crippen molar-refractivity contribution in [1.29, 1.82) is 0 Å². The van der Waals surface area contributed by atoms with E-state index in [1.54, 1.807) is 25.3 Å². The Balaban J connectivity index is 2.28. The molecular formula is C15H15BrFN3O. The molecule has 21 heavy (non-hydrogen) atoms. The van der Waals surface area contributed by atoms with Gasteiger partial charge in [-0.3, -0.25) is 9.78 Å². The van der Waals surface area contributed by atoms with Gasteiger partial charge in [0.05, 0.1) is 15.7 Å². The summed E-state index contributed by atoms with van der Waals surface area (Å²) in [5.74, 6) is -0.652. The summed E-state index contributed by atoms with van der Waals surface area (Å²) >= 11 is 3.11. The Kier molecular flexibility index (Phi) is 4.90. The second-order valence-corrected chi connectivity index (χ2v) is 5.34. The molecule has 0 bridgehead atoms. The Morgan fingerprint density at radius 1 is 1.38 bits per heavy atom. The fourth-order valence-electron chi connectivity index (χ4n) is 1.89. The molecule has 1 aromatic heterocycles. The molecule has 0 atom stereocenters. The number of anilines is 2. The molecule has 1 heterocycles. The number of carbonyl (C=O) groups excluding carboxylic acids is 1. The van der Waals surface area contributed by atoms with Crippen LogP contribution in [0.5, 0.6) is 0 Å². The van der Waals surface area contributed by atoms with Crippen molar-refractivity contribution in [2.45, 2.75) is 13.8 Å². The molecule has 0 saturated carbocycles. The highest BCUT2D eigenvalue weighted by Gasteiger charge is 2.13. The van der Waals surface area contributed by atoms with Crippen molar-refractivity contribution in [2.24, 2.45) is 0 Å². The number of aryl methyl sites for hydroxylation is 1. The molecule has 0 radical (unpaired) electrons. The molecule has 4 nitrogen and oxygen atoms in total. The van der Waals surface area contributed by atoms with Crippen LogP contribution in [-0.4, -0.2) is 17.4 Å². The summed E-state index contributed by atoms with van der Waals surface area (Å²) in [4.78, 5) is 16.3. The first-order chi connectivity index (χ1) is 10.0. The Bertz CT molecular complexity index is 676. The first-order valence-corrected chi connectivity index (χ1v) is 7.27. The Morgan fingerprint density at radius 2 is 2.14 bits per heavy atom. The van der Waals surface area contributed by atoms with Crippen molar-refractivity contribution in [2.75, 3.05) is 17.2 Å². The van der Waals surface area contributed by atoms with Gasteiger partial charge < -0.3 is 10.6 Å². The van der Waals surface area contributed by atoms with Gasteiger partial charge in [-0.05, 0) is 53.5 Å². The van der Waals surface area contributed by atoms with Crippen LogP contribution in [0.2, 0.25) is 0 Å². The molecule has 0 fully saturated rings. The lowest BCUT2D eigenvalue weighted by atomic mass is 10.1. The minimum Gasteiger partial charge on any atom is -0.385 e. The molecule has 0 aliphatic rings. The molecule has 1 amide bonds. The summed E-state index contributed by atoms with van der Waals surface area (Å²) in [5.41, 5.74) is 2.36. The smallest absolute Gasteiger partial charge is 0.259 e. The third kappa shape index (κ3) is 3.58. The number of amides is 1. The quantitative estimate of drug-likeness (QED) is 0.875. The normalized spacial score (nSPS) is 10.3. The standard InChI is InChI=1S/C15H15BrFN3O/c1-3-19-13-4-5-18-8-10(13)15(21)20-14-7-11(16)12(17)6-9(14)2/h4-8H,3H2,1-2H3,(H,18,19)(H,20,21). The molecule has 1 aromatic carbocycles. The van der Waals surface area contributed by atoms with Gasteiger partial charge in [-0.15, -0.1) is 0 Å². The van der Waals surface area contributed by atoms with E-state index in [4.69, 9.17) is 0 Å². The van der Waals surface area contributed by atoms with Gasteiger partial charge in [0, 0.05) is 24.6 Å². The number of aromatic nitrogens is 1. The van der Waals surface area contributed by atoms with Crippen LogP contribution in [-0.2, 0) is 0 Å². The number of benzene rings is 1. The van der Waals surface area contributed by atoms with E-state index in [1.807, 2.05) is 6.92 Å². The fourth-order valence-corrected chi connectivity index (χ4v) is 2.23. The van der Waals surface area contributed by atoms with Gasteiger partial charge in [0.1, 0.15) is 5.82 Å². The molecular weight excluding hydrogens is 337 g/mol. The van der Waals surface area contributed by atoms with Crippen molar-refractivity contribution < 1.29 is 9.18 Å². The number of carbonyl (C=O) groups is 1. The molecule has 2 rings (SSSR count). The van der Waals surface area contributed by atoms with E-state index in [9.17, 15) is 9.18 Å². The molecule has 110 valence electrons. The fraction of sp³-hybridized carbons (Fsp3) is 0.200. The molecule has 6 heteroatoms. The molecule has 2 aromatic rings. The van der Waals surface area contributed by atoms with Crippen LogP contribution in [0.1, 0.15) is 22.8 Å². The van der Waals surface area contributed by atoms with Crippen molar-refractivity contribution in [3.8, 4) is 0 Å². The highest BCUT2D eigenvalue weighted by Crippen LogP contribution is 2.25. The van der Waals surface area contributed by atoms with Crippen molar-refractivity contribution in [3.63, 3.8) is 0 Å². The SMILES string of the molecule is CCNc1ccncc1C(=O)Nc1cc(Br)c(F)cc1C. The van der Waals surface area contributed by atoms with Crippen LogP contribution in [0.25, 0.3) is 0 Å². The van der Waals surface area contributed by atoms with Gasteiger partial charge in [-0.2, -0.15) is 0 Å². The topological polar surface area (TPSA) is 54.0 Å². The molecule has 2 N–H and O–H groups in total. The number of hydrogen-bond donors (Lipinski definition) is 2. The summed E-state index contributed by atoms with van der Waals surface area (Å²) < 4.78 is 13.7. The maximum atomic E-state index is 13.4. The van der Waals surface area contributed by atoms with E-state index in [-0.39, 0.29) is 11.7 Å². The highest BCUT2D eigenvalue weighted by atomic mass is 79.9. The molecule has 0 saturated heterocycles. The van der Waals surface area contributed by atoms with Gasteiger partial charge in [-0.1, -0.05) is 0 Å². The average Bonchev–Trinajstić information content (AvgIpc) is 2.45. The largest absolute Gasteiger partial charge is 0.385 e.